The zero-order valence-electron chi connectivity index (χ0n) is 8.79. The number of hydrogen-bond acceptors (Lipinski definition) is 2. The van der Waals surface area contributed by atoms with Gasteiger partial charge in [0.05, 0.1) is 11.0 Å². The van der Waals surface area contributed by atoms with Gasteiger partial charge in [-0.1, -0.05) is 12.1 Å². The topological polar surface area (TPSA) is 37.9 Å². The van der Waals surface area contributed by atoms with Crippen molar-refractivity contribution in [2.75, 3.05) is 6.61 Å². The molecule has 1 unspecified atom stereocenters. The Morgan fingerprint density at radius 1 is 1.47 bits per heavy atom. The van der Waals surface area contributed by atoms with Gasteiger partial charge in [0.15, 0.2) is 0 Å². The highest BCUT2D eigenvalue weighted by Gasteiger charge is 2.21. The van der Waals surface area contributed by atoms with E-state index < -0.39 is 0 Å². The van der Waals surface area contributed by atoms with E-state index in [0.29, 0.717) is 0 Å². The zero-order chi connectivity index (χ0) is 10.3. The quantitative estimate of drug-likeness (QED) is 0.772. The van der Waals surface area contributed by atoms with Crippen LogP contribution in [0.5, 0.6) is 0 Å². The third-order valence-corrected chi connectivity index (χ3v) is 2.97. The second-order valence-electron chi connectivity index (χ2n) is 4.09. The predicted molar refractivity (Wildman–Crippen MR) is 58.8 cm³/mol. The molecule has 0 saturated carbocycles. The van der Waals surface area contributed by atoms with Crippen LogP contribution in [0, 0.1) is 6.92 Å². The number of hydrogen-bond donors (Lipinski definition) is 1. The summed E-state index contributed by atoms with van der Waals surface area (Å²) in [5.41, 5.74) is 3.40. The molecule has 3 rings (SSSR count). The van der Waals surface area contributed by atoms with E-state index in [-0.39, 0.29) is 6.10 Å². The normalized spacial score (nSPS) is 21.3. The Labute approximate surface area is 88.5 Å². The molecule has 0 spiro atoms. The highest BCUT2D eigenvalue weighted by molar-refractivity contribution is 5.78. The molecule has 3 heteroatoms. The Morgan fingerprint density at radius 3 is 3.13 bits per heavy atom. The first-order valence-corrected chi connectivity index (χ1v) is 5.41. The van der Waals surface area contributed by atoms with Crippen LogP contribution >= 0.6 is 0 Å². The van der Waals surface area contributed by atoms with E-state index in [4.69, 9.17) is 4.74 Å². The maximum absolute atomic E-state index is 5.61. The molecule has 0 amide bonds. The Balaban J connectivity index is 2.09. The van der Waals surface area contributed by atoms with E-state index in [1.54, 1.807) is 0 Å². The van der Waals surface area contributed by atoms with Crippen LogP contribution in [-0.2, 0) is 4.74 Å². The van der Waals surface area contributed by atoms with Gasteiger partial charge in [-0.15, -0.1) is 0 Å². The van der Waals surface area contributed by atoms with Crippen LogP contribution in [0.15, 0.2) is 18.2 Å². The van der Waals surface area contributed by atoms with E-state index in [1.807, 2.05) is 0 Å². The molecule has 78 valence electrons. The largest absolute Gasteiger partial charge is 0.370 e. The lowest BCUT2D eigenvalue weighted by Gasteiger charge is -2.03. The van der Waals surface area contributed by atoms with Crippen molar-refractivity contribution >= 4 is 11.0 Å². The number of para-hydroxylation sites is 1. The summed E-state index contributed by atoms with van der Waals surface area (Å²) in [7, 11) is 0. The summed E-state index contributed by atoms with van der Waals surface area (Å²) in [6, 6.07) is 6.20. The van der Waals surface area contributed by atoms with Gasteiger partial charge in [-0.25, -0.2) is 4.98 Å². The number of rotatable bonds is 1. The third kappa shape index (κ3) is 1.43. The number of benzene rings is 1. The fourth-order valence-corrected chi connectivity index (χ4v) is 2.14. The Hall–Kier alpha value is -1.35. The van der Waals surface area contributed by atoms with Gasteiger partial charge in [-0.3, -0.25) is 0 Å². The molecule has 1 N–H and O–H groups in total. The molecule has 1 fully saturated rings. The summed E-state index contributed by atoms with van der Waals surface area (Å²) in [4.78, 5) is 7.96. The molecule has 15 heavy (non-hydrogen) atoms. The summed E-state index contributed by atoms with van der Waals surface area (Å²) >= 11 is 0. The number of nitrogens with one attached hydrogen (secondary N) is 1. The minimum Gasteiger partial charge on any atom is -0.370 e. The molecule has 1 aliphatic rings. The first kappa shape index (κ1) is 8.92. The van der Waals surface area contributed by atoms with Gasteiger partial charge in [-0.05, 0) is 31.4 Å². The highest BCUT2D eigenvalue weighted by atomic mass is 16.5. The molecule has 0 bridgehead atoms. The summed E-state index contributed by atoms with van der Waals surface area (Å²) in [5.74, 6) is 0.983. The molecular weight excluding hydrogens is 188 g/mol. The maximum Gasteiger partial charge on any atom is 0.136 e. The smallest absolute Gasteiger partial charge is 0.136 e. The number of aromatic nitrogens is 2. The SMILES string of the molecule is Cc1cccc2[nH]c(C3CCCO3)nc12. The van der Waals surface area contributed by atoms with Gasteiger partial charge in [0.2, 0.25) is 0 Å². The third-order valence-electron chi connectivity index (χ3n) is 2.97. The van der Waals surface area contributed by atoms with Crippen molar-refractivity contribution in [2.45, 2.75) is 25.9 Å². The average Bonchev–Trinajstić information content (AvgIpc) is 2.86. The van der Waals surface area contributed by atoms with Gasteiger partial charge in [-0.2, -0.15) is 0 Å². The van der Waals surface area contributed by atoms with E-state index in [1.165, 1.54) is 5.56 Å². The first-order valence-electron chi connectivity index (χ1n) is 5.41. The number of fused-ring (bicyclic) bond motifs is 1. The molecule has 0 aliphatic carbocycles. The summed E-state index contributed by atoms with van der Waals surface area (Å²) in [5, 5.41) is 0. The molecule has 2 aromatic rings. The lowest BCUT2D eigenvalue weighted by atomic mass is 10.2. The van der Waals surface area contributed by atoms with Crippen LogP contribution in [0.4, 0.5) is 0 Å². The molecule has 3 nitrogen and oxygen atoms in total. The van der Waals surface area contributed by atoms with Crippen LogP contribution in [0.25, 0.3) is 11.0 Å². The molecule has 2 heterocycles. The van der Waals surface area contributed by atoms with Crippen molar-refractivity contribution in [3.8, 4) is 0 Å². The lowest BCUT2D eigenvalue weighted by Crippen LogP contribution is -1.97. The monoisotopic (exact) mass is 202 g/mol. The number of ether oxygens (including phenoxy) is 1. The van der Waals surface area contributed by atoms with Gasteiger partial charge < -0.3 is 9.72 Å². The number of H-pyrrole nitrogens is 1. The molecule has 1 aliphatic heterocycles. The van der Waals surface area contributed by atoms with Crippen LogP contribution in [0.2, 0.25) is 0 Å². The molecule has 1 aromatic carbocycles. The first-order chi connectivity index (χ1) is 7.34. The Morgan fingerprint density at radius 2 is 2.40 bits per heavy atom. The summed E-state index contributed by atoms with van der Waals surface area (Å²) in [6.45, 7) is 2.95. The standard InChI is InChI=1S/C12H14N2O/c1-8-4-2-5-9-11(8)14-12(13-9)10-6-3-7-15-10/h2,4-5,10H,3,6-7H2,1H3,(H,13,14). The van der Waals surface area contributed by atoms with Gasteiger partial charge in [0, 0.05) is 6.61 Å². The minimum absolute atomic E-state index is 0.178. The van der Waals surface area contributed by atoms with E-state index in [9.17, 15) is 0 Å². The van der Waals surface area contributed by atoms with Crippen molar-refractivity contribution < 1.29 is 4.74 Å². The van der Waals surface area contributed by atoms with Gasteiger partial charge >= 0.3 is 0 Å². The fraction of sp³-hybridized carbons (Fsp3) is 0.417. The van der Waals surface area contributed by atoms with E-state index in [0.717, 1.165) is 36.3 Å². The van der Waals surface area contributed by atoms with E-state index >= 15 is 0 Å². The number of aromatic amines is 1. The minimum atomic E-state index is 0.178. The molecule has 1 atom stereocenters. The van der Waals surface area contributed by atoms with Crippen molar-refractivity contribution in [2.24, 2.45) is 0 Å². The Kier molecular flexibility index (Phi) is 1.99. The second-order valence-corrected chi connectivity index (χ2v) is 4.09. The molecule has 0 radical (unpaired) electrons. The van der Waals surface area contributed by atoms with Gasteiger partial charge in [0.1, 0.15) is 11.9 Å². The highest BCUT2D eigenvalue weighted by Crippen LogP contribution is 2.28. The number of nitrogens with zero attached hydrogens (tertiary/aromatic N) is 1. The van der Waals surface area contributed by atoms with Crippen LogP contribution < -0.4 is 0 Å². The van der Waals surface area contributed by atoms with Crippen molar-refractivity contribution in [3.63, 3.8) is 0 Å². The predicted octanol–water partition coefficient (Wildman–Crippen LogP) is 2.72. The van der Waals surface area contributed by atoms with Crippen molar-refractivity contribution in [1.29, 1.82) is 0 Å². The summed E-state index contributed by atoms with van der Waals surface area (Å²) in [6.07, 6.45) is 2.40. The number of imidazole rings is 1. The second kappa shape index (κ2) is 3.35. The number of aryl methyl sites for hydroxylation is 1. The van der Waals surface area contributed by atoms with Crippen molar-refractivity contribution in [1.82, 2.24) is 9.97 Å². The molecule has 1 aromatic heterocycles. The average molecular weight is 202 g/mol. The molecule has 1 saturated heterocycles. The van der Waals surface area contributed by atoms with Gasteiger partial charge in [0.25, 0.3) is 0 Å². The fourth-order valence-electron chi connectivity index (χ4n) is 2.14. The van der Waals surface area contributed by atoms with E-state index in [2.05, 4.69) is 35.1 Å². The van der Waals surface area contributed by atoms with Crippen LogP contribution in [0.1, 0.15) is 30.3 Å². The van der Waals surface area contributed by atoms with Crippen LogP contribution in [-0.4, -0.2) is 16.6 Å². The zero-order valence-corrected chi connectivity index (χ0v) is 8.79. The Bertz CT molecular complexity index is 483. The summed E-state index contributed by atoms with van der Waals surface area (Å²) < 4.78 is 5.61. The van der Waals surface area contributed by atoms with Crippen molar-refractivity contribution in [3.05, 3.63) is 29.6 Å². The molecular formula is C12H14N2O. The van der Waals surface area contributed by atoms with Crippen LogP contribution in [0.3, 0.4) is 0 Å². The maximum atomic E-state index is 5.61. The lowest BCUT2D eigenvalue weighted by molar-refractivity contribution is 0.106.